The molecule has 0 radical (unpaired) electrons. The summed E-state index contributed by atoms with van der Waals surface area (Å²) in [7, 11) is 0. The molecule has 2 amide bonds. The van der Waals surface area contributed by atoms with E-state index in [4.69, 9.17) is 16.3 Å². The van der Waals surface area contributed by atoms with Crippen molar-refractivity contribution in [3.8, 4) is 0 Å². The number of imide groups is 1. The van der Waals surface area contributed by atoms with E-state index in [1.165, 1.54) is 55.6 Å². The molecule has 0 spiro atoms. The largest absolute Gasteiger partial charge is 0.454 e. The summed E-state index contributed by atoms with van der Waals surface area (Å²) in [6, 6.07) is 13.1. The van der Waals surface area contributed by atoms with Crippen molar-refractivity contribution in [2.45, 2.75) is 88.8 Å². The second-order valence-electron chi connectivity index (χ2n) is 10.8. The lowest BCUT2D eigenvalue weighted by atomic mass is 9.87. The molecule has 1 aliphatic heterocycles. The lowest BCUT2D eigenvalue weighted by Gasteiger charge is -2.44. The number of carbonyl (C=O) groups is 4. The molecule has 0 N–H and O–H groups in total. The second kappa shape index (κ2) is 12.4. The van der Waals surface area contributed by atoms with E-state index in [1.54, 1.807) is 36.4 Å². The van der Waals surface area contributed by atoms with Crippen LogP contribution in [-0.4, -0.2) is 53.2 Å². The molecule has 2 aliphatic carbocycles. The highest BCUT2D eigenvalue weighted by molar-refractivity contribution is 6.34. The number of esters is 1. The molecule has 206 valence electrons. The lowest BCUT2D eigenvalue weighted by Crippen LogP contribution is -2.53. The fourth-order valence-corrected chi connectivity index (χ4v) is 6.65. The molecule has 0 bridgehead atoms. The van der Waals surface area contributed by atoms with Gasteiger partial charge in [-0.2, -0.15) is 0 Å². The topological polar surface area (TPSA) is 84.0 Å². The fourth-order valence-electron chi connectivity index (χ4n) is 6.41. The number of anilines is 1. The average molecular weight is 551 g/mol. The first-order chi connectivity index (χ1) is 18.9. The maximum Gasteiger partial charge on any atom is 0.338 e. The molecule has 1 saturated heterocycles. The number of ketones is 1. The van der Waals surface area contributed by atoms with Crippen LogP contribution in [0.25, 0.3) is 0 Å². The average Bonchev–Trinajstić information content (AvgIpc) is 3.26. The van der Waals surface area contributed by atoms with Crippen molar-refractivity contribution < 1.29 is 23.9 Å². The Morgan fingerprint density at radius 3 is 2.03 bits per heavy atom. The van der Waals surface area contributed by atoms with Gasteiger partial charge in [0.25, 0.3) is 5.91 Å². The van der Waals surface area contributed by atoms with E-state index in [0.29, 0.717) is 28.4 Å². The van der Waals surface area contributed by atoms with Gasteiger partial charge in [-0.05, 0) is 62.1 Å². The molecule has 1 unspecified atom stereocenters. The minimum atomic E-state index is -0.667. The van der Waals surface area contributed by atoms with Gasteiger partial charge in [0.05, 0.1) is 28.7 Å². The summed E-state index contributed by atoms with van der Waals surface area (Å²) in [6.45, 7) is -0.437. The third kappa shape index (κ3) is 6.10. The van der Waals surface area contributed by atoms with Gasteiger partial charge in [0.1, 0.15) is 0 Å². The molecule has 7 nitrogen and oxygen atoms in total. The predicted molar refractivity (Wildman–Crippen MR) is 149 cm³/mol. The van der Waals surface area contributed by atoms with Crippen LogP contribution in [0.1, 0.15) is 91.3 Å². The quantitative estimate of drug-likeness (QED) is 0.228. The third-order valence-electron chi connectivity index (χ3n) is 8.35. The fraction of sp³-hybridized carbons (Fsp3) is 0.484. The maximum absolute atomic E-state index is 13.7. The van der Waals surface area contributed by atoms with Gasteiger partial charge in [-0.3, -0.25) is 19.3 Å². The van der Waals surface area contributed by atoms with E-state index in [-0.39, 0.29) is 23.8 Å². The minimum absolute atomic E-state index is 0.170. The van der Waals surface area contributed by atoms with Gasteiger partial charge in [-0.25, -0.2) is 9.69 Å². The van der Waals surface area contributed by atoms with Gasteiger partial charge >= 0.3 is 5.97 Å². The second-order valence-corrected chi connectivity index (χ2v) is 11.3. The van der Waals surface area contributed by atoms with Crippen LogP contribution in [0.2, 0.25) is 5.02 Å². The van der Waals surface area contributed by atoms with Crippen molar-refractivity contribution in [3.63, 3.8) is 0 Å². The lowest BCUT2D eigenvalue weighted by molar-refractivity contribution is -0.124. The van der Waals surface area contributed by atoms with Crippen LogP contribution in [0.5, 0.6) is 0 Å². The number of amides is 2. The number of Topliss-reactive ketones (excluding diaryl/α,β-unsaturated/α-hetero) is 1. The van der Waals surface area contributed by atoms with Gasteiger partial charge in [-0.15, -0.1) is 0 Å². The van der Waals surface area contributed by atoms with Gasteiger partial charge in [-0.1, -0.05) is 62.3 Å². The Bertz CT molecular complexity index is 1200. The summed E-state index contributed by atoms with van der Waals surface area (Å²) in [4.78, 5) is 55.5. The highest BCUT2D eigenvalue weighted by atomic mass is 35.5. The normalized spacial score (nSPS) is 21.0. The van der Waals surface area contributed by atoms with Crippen molar-refractivity contribution >= 4 is 40.9 Å². The van der Waals surface area contributed by atoms with Crippen molar-refractivity contribution in [2.24, 2.45) is 0 Å². The summed E-state index contributed by atoms with van der Waals surface area (Å²) in [5.74, 6) is -1.44. The molecule has 2 aromatic rings. The van der Waals surface area contributed by atoms with Crippen LogP contribution in [-0.2, 0) is 14.3 Å². The number of hydrogen-bond donors (Lipinski definition) is 0. The van der Waals surface area contributed by atoms with Crippen LogP contribution in [0.4, 0.5) is 5.69 Å². The molecule has 1 atom stereocenters. The molecule has 0 aromatic heterocycles. The van der Waals surface area contributed by atoms with Crippen molar-refractivity contribution in [1.82, 2.24) is 4.90 Å². The number of ether oxygens (including phenoxy) is 1. The van der Waals surface area contributed by atoms with Crippen LogP contribution in [0.15, 0.2) is 48.5 Å². The number of hydrogen-bond acceptors (Lipinski definition) is 6. The van der Waals surface area contributed by atoms with E-state index in [1.807, 2.05) is 0 Å². The predicted octanol–water partition coefficient (Wildman–Crippen LogP) is 5.98. The van der Waals surface area contributed by atoms with E-state index >= 15 is 0 Å². The van der Waals surface area contributed by atoms with Gasteiger partial charge in [0.15, 0.2) is 6.61 Å². The summed E-state index contributed by atoms with van der Waals surface area (Å²) < 4.78 is 5.19. The van der Waals surface area contributed by atoms with Gasteiger partial charge in [0, 0.05) is 17.6 Å². The molecule has 1 heterocycles. The van der Waals surface area contributed by atoms with Crippen molar-refractivity contribution in [3.05, 3.63) is 64.7 Å². The van der Waals surface area contributed by atoms with Gasteiger partial charge < -0.3 is 4.74 Å². The number of halogens is 1. The summed E-state index contributed by atoms with van der Waals surface area (Å²) in [6.07, 6.45) is 11.7. The number of carbonyl (C=O) groups excluding carboxylic acids is 4. The Morgan fingerprint density at radius 1 is 0.846 bits per heavy atom. The molecule has 5 rings (SSSR count). The Labute approximate surface area is 234 Å². The zero-order chi connectivity index (χ0) is 27.4. The highest BCUT2D eigenvalue weighted by Gasteiger charge is 2.47. The van der Waals surface area contributed by atoms with E-state index in [0.717, 1.165) is 25.7 Å². The van der Waals surface area contributed by atoms with Crippen LogP contribution in [0, 0.1) is 0 Å². The molecule has 3 aliphatic rings. The van der Waals surface area contributed by atoms with Crippen LogP contribution < -0.4 is 4.90 Å². The first-order valence-corrected chi connectivity index (χ1v) is 14.5. The van der Waals surface area contributed by atoms with E-state index in [9.17, 15) is 19.2 Å². The molecular weight excluding hydrogens is 516 g/mol. The molecule has 2 saturated carbocycles. The smallest absolute Gasteiger partial charge is 0.338 e. The van der Waals surface area contributed by atoms with E-state index < -0.39 is 24.4 Å². The zero-order valence-corrected chi connectivity index (χ0v) is 22.9. The summed E-state index contributed by atoms with van der Waals surface area (Å²) in [5, 5.41) is 0.298. The maximum atomic E-state index is 13.7. The SMILES string of the molecule is O=C(OCC(=O)c1ccccc1Cl)c1ccc(N2C(=O)CC(N(C3CCCCC3)C3CCCCC3)C2=O)cc1. The first kappa shape index (κ1) is 27.5. The number of nitrogens with zero attached hydrogens (tertiary/aromatic N) is 2. The molecule has 8 heteroatoms. The monoisotopic (exact) mass is 550 g/mol. The van der Waals surface area contributed by atoms with Crippen LogP contribution in [0.3, 0.4) is 0 Å². The molecular formula is C31H35ClN2O5. The number of benzene rings is 2. The van der Waals surface area contributed by atoms with E-state index in [2.05, 4.69) is 4.90 Å². The molecule has 39 heavy (non-hydrogen) atoms. The first-order valence-electron chi connectivity index (χ1n) is 14.1. The third-order valence-corrected chi connectivity index (χ3v) is 8.67. The highest BCUT2D eigenvalue weighted by Crippen LogP contribution is 2.36. The van der Waals surface area contributed by atoms with Gasteiger partial charge in [0.2, 0.25) is 11.7 Å². The molecule has 3 fully saturated rings. The van der Waals surface area contributed by atoms with Crippen LogP contribution >= 0.6 is 11.6 Å². The Hall–Kier alpha value is -3.03. The van der Waals surface area contributed by atoms with Crippen molar-refractivity contribution in [1.29, 1.82) is 0 Å². The minimum Gasteiger partial charge on any atom is -0.454 e. The molecule has 2 aromatic carbocycles. The summed E-state index contributed by atoms with van der Waals surface area (Å²) in [5.41, 5.74) is 0.967. The Kier molecular flexibility index (Phi) is 8.78. The van der Waals surface area contributed by atoms with Crippen molar-refractivity contribution in [2.75, 3.05) is 11.5 Å². The standard InChI is InChI=1S/C31H35ClN2O5/c32-26-14-8-7-13-25(26)28(35)20-39-31(38)21-15-17-24(18-16-21)34-29(36)19-27(30(34)37)33(22-9-3-1-4-10-22)23-11-5-2-6-12-23/h7-8,13-18,22-23,27H,1-6,9-12,19-20H2. The Morgan fingerprint density at radius 2 is 1.44 bits per heavy atom. The summed E-state index contributed by atoms with van der Waals surface area (Å²) >= 11 is 6.05. The number of rotatable bonds is 8. The Balaban J connectivity index is 1.26. The zero-order valence-electron chi connectivity index (χ0n) is 22.1.